The number of aryl methyl sites for hydroxylation is 1. The molecular formula is C28H21BrN2O2S. The second-order valence-corrected chi connectivity index (χ2v) is 10.3. The van der Waals surface area contributed by atoms with Crippen LogP contribution in [-0.2, 0) is 6.42 Å². The third kappa shape index (κ3) is 3.49. The second-order valence-electron chi connectivity index (χ2n) is 8.42. The molecule has 1 unspecified atom stereocenters. The predicted molar refractivity (Wildman–Crippen MR) is 140 cm³/mol. The summed E-state index contributed by atoms with van der Waals surface area (Å²) in [7, 11) is 1.64. The first-order valence-electron chi connectivity index (χ1n) is 11.2. The van der Waals surface area contributed by atoms with Crippen LogP contribution in [-0.4, -0.2) is 11.7 Å². The molecular weight excluding hydrogens is 508 g/mol. The molecule has 4 nitrogen and oxygen atoms in total. The van der Waals surface area contributed by atoms with Crippen LogP contribution in [0.1, 0.15) is 34.7 Å². The highest BCUT2D eigenvalue weighted by Crippen LogP contribution is 2.41. The number of methoxy groups -OCH3 is 1. The Morgan fingerprint density at radius 3 is 2.65 bits per heavy atom. The number of hydrogen-bond donors (Lipinski definition) is 0. The summed E-state index contributed by atoms with van der Waals surface area (Å²) in [5.41, 5.74) is 6.79. The number of halogens is 1. The number of aromatic nitrogens is 1. The van der Waals surface area contributed by atoms with E-state index in [1.807, 2.05) is 47.0 Å². The highest BCUT2D eigenvalue weighted by molar-refractivity contribution is 9.10. The zero-order chi connectivity index (χ0) is 23.2. The van der Waals surface area contributed by atoms with Crippen LogP contribution in [0.2, 0.25) is 0 Å². The summed E-state index contributed by atoms with van der Waals surface area (Å²) in [5.74, 6) is 0.758. The van der Waals surface area contributed by atoms with E-state index in [4.69, 9.17) is 9.73 Å². The lowest BCUT2D eigenvalue weighted by Gasteiger charge is -2.30. The average Bonchev–Trinajstić information content (AvgIpc) is 3.17. The van der Waals surface area contributed by atoms with Crippen LogP contribution < -0.4 is 19.6 Å². The van der Waals surface area contributed by atoms with Crippen molar-refractivity contribution in [3.05, 3.63) is 125 Å². The fraction of sp³-hybridized carbons (Fsp3) is 0.143. The number of nitrogens with zero attached hydrogens (tertiary/aromatic N) is 2. The van der Waals surface area contributed by atoms with Gasteiger partial charge in [-0.1, -0.05) is 72.0 Å². The maximum absolute atomic E-state index is 13.8. The average molecular weight is 529 g/mol. The summed E-state index contributed by atoms with van der Waals surface area (Å²) in [6.07, 6.45) is 3.79. The van der Waals surface area contributed by atoms with Gasteiger partial charge in [-0.05, 0) is 69.2 Å². The SMILES string of the molecule is COc1ccc(C=c2sc3n(c2=O)C(c2ccccc2)C2=C(N=3)c3ccccc3CC2)cc1Br. The van der Waals surface area contributed by atoms with Crippen LogP contribution in [0.4, 0.5) is 0 Å². The topological polar surface area (TPSA) is 43.6 Å². The van der Waals surface area contributed by atoms with Crippen LogP contribution in [0.25, 0.3) is 11.8 Å². The molecule has 0 N–H and O–H groups in total. The van der Waals surface area contributed by atoms with E-state index in [1.54, 1.807) is 7.11 Å². The van der Waals surface area contributed by atoms with E-state index < -0.39 is 0 Å². The molecule has 0 amide bonds. The van der Waals surface area contributed by atoms with Crippen LogP contribution in [0.15, 0.2) is 92.6 Å². The van der Waals surface area contributed by atoms with Crippen LogP contribution in [0.5, 0.6) is 5.75 Å². The number of ether oxygens (including phenoxy) is 1. The summed E-state index contributed by atoms with van der Waals surface area (Å²) >= 11 is 4.99. The van der Waals surface area contributed by atoms with E-state index in [1.165, 1.54) is 28.0 Å². The summed E-state index contributed by atoms with van der Waals surface area (Å²) in [6.45, 7) is 0. The van der Waals surface area contributed by atoms with Crippen molar-refractivity contribution >= 4 is 39.0 Å². The largest absolute Gasteiger partial charge is 0.496 e. The van der Waals surface area contributed by atoms with Gasteiger partial charge in [0, 0.05) is 5.56 Å². The monoisotopic (exact) mass is 528 g/mol. The van der Waals surface area contributed by atoms with Gasteiger partial charge in [0.2, 0.25) is 0 Å². The fourth-order valence-corrected chi connectivity index (χ4v) is 6.44. The maximum atomic E-state index is 13.8. The van der Waals surface area contributed by atoms with Crippen molar-refractivity contribution in [3.8, 4) is 5.75 Å². The van der Waals surface area contributed by atoms with Gasteiger partial charge in [0.1, 0.15) is 5.75 Å². The molecule has 0 radical (unpaired) electrons. The Hall–Kier alpha value is -3.22. The van der Waals surface area contributed by atoms with Crippen LogP contribution in [0.3, 0.4) is 0 Å². The van der Waals surface area contributed by atoms with E-state index in [2.05, 4.69) is 52.3 Å². The smallest absolute Gasteiger partial charge is 0.271 e. The normalized spacial score (nSPS) is 17.0. The standard InChI is InChI=1S/C28H21BrN2O2S/c1-33-23-14-11-17(15-22(23)29)16-24-27(32)31-26(19-8-3-2-4-9-19)21-13-12-18-7-5-6-10-20(18)25(21)30-28(31)34-24/h2-11,14-16,26H,12-13H2,1H3. The van der Waals surface area contributed by atoms with Gasteiger partial charge in [-0.25, -0.2) is 4.99 Å². The number of thiazole rings is 1. The van der Waals surface area contributed by atoms with E-state index in [0.717, 1.165) is 44.7 Å². The minimum Gasteiger partial charge on any atom is -0.496 e. The van der Waals surface area contributed by atoms with Crippen molar-refractivity contribution in [2.45, 2.75) is 18.9 Å². The molecule has 1 aliphatic carbocycles. The van der Waals surface area contributed by atoms with E-state index in [9.17, 15) is 4.79 Å². The molecule has 0 saturated heterocycles. The van der Waals surface area contributed by atoms with Gasteiger partial charge in [0.05, 0.1) is 27.9 Å². The quantitative estimate of drug-likeness (QED) is 0.371. The second kappa shape index (κ2) is 8.53. The van der Waals surface area contributed by atoms with Gasteiger partial charge in [-0.2, -0.15) is 0 Å². The molecule has 0 saturated carbocycles. The van der Waals surface area contributed by atoms with Gasteiger partial charge in [0.25, 0.3) is 5.56 Å². The molecule has 6 heteroatoms. The highest BCUT2D eigenvalue weighted by atomic mass is 79.9. The minimum atomic E-state index is -0.148. The summed E-state index contributed by atoms with van der Waals surface area (Å²) in [6, 6.07) is 24.5. The number of allylic oxidation sites excluding steroid dienone is 1. The predicted octanol–water partition coefficient (Wildman–Crippen LogP) is 5.09. The Kier molecular flexibility index (Phi) is 5.35. The molecule has 0 bridgehead atoms. The summed E-state index contributed by atoms with van der Waals surface area (Å²) < 4.78 is 8.75. The molecule has 34 heavy (non-hydrogen) atoms. The lowest BCUT2D eigenvalue weighted by Crippen LogP contribution is -2.38. The molecule has 1 aliphatic heterocycles. The molecule has 6 rings (SSSR count). The van der Waals surface area contributed by atoms with Crippen molar-refractivity contribution in [1.82, 2.24) is 4.57 Å². The van der Waals surface area contributed by atoms with E-state index in [0.29, 0.717) is 4.53 Å². The zero-order valence-corrected chi connectivity index (χ0v) is 20.9. The van der Waals surface area contributed by atoms with Gasteiger partial charge in [0.15, 0.2) is 4.80 Å². The fourth-order valence-electron chi connectivity index (χ4n) is 4.88. The Balaban J connectivity index is 1.59. The molecule has 168 valence electrons. The number of hydrogen-bond acceptors (Lipinski definition) is 4. The van der Waals surface area contributed by atoms with Crippen LogP contribution >= 0.6 is 27.3 Å². The Morgan fingerprint density at radius 1 is 1.06 bits per heavy atom. The van der Waals surface area contributed by atoms with Crippen molar-refractivity contribution in [3.63, 3.8) is 0 Å². The summed E-state index contributed by atoms with van der Waals surface area (Å²) in [5, 5.41) is 0. The lowest BCUT2D eigenvalue weighted by molar-refractivity contribution is 0.412. The third-order valence-corrected chi connectivity index (χ3v) is 8.06. The Morgan fingerprint density at radius 2 is 1.85 bits per heavy atom. The number of fused-ring (bicyclic) bond motifs is 3. The minimum absolute atomic E-state index is 0.00467. The van der Waals surface area contributed by atoms with Gasteiger partial charge in [-0.3, -0.25) is 9.36 Å². The molecule has 0 fully saturated rings. The highest BCUT2D eigenvalue weighted by Gasteiger charge is 2.32. The molecule has 3 aromatic carbocycles. The Bertz CT molecular complexity index is 1630. The van der Waals surface area contributed by atoms with Crippen LogP contribution in [0, 0.1) is 0 Å². The van der Waals surface area contributed by atoms with Crippen molar-refractivity contribution in [1.29, 1.82) is 0 Å². The molecule has 0 spiro atoms. The maximum Gasteiger partial charge on any atom is 0.271 e. The number of rotatable bonds is 3. The third-order valence-electron chi connectivity index (χ3n) is 6.46. The lowest BCUT2D eigenvalue weighted by atomic mass is 9.83. The summed E-state index contributed by atoms with van der Waals surface area (Å²) in [4.78, 5) is 19.6. The van der Waals surface area contributed by atoms with E-state index in [-0.39, 0.29) is 11.6 Å². The molecule has 2 aliphatic rings. The first kappa shape index (κ1) is 21.3. The first-order valence-corrected chi connectivity index (χ1v) is 12.8. The van der Waals surface area contributed by atoms with Crippen molar-refractivity contribution in [2.24, 2.45) is 4.99 Å². The molecule has 2 heterocycles. The van der Waals surface area contributed by atoms with Gasteiger partial charge >= 0.3 is 0 Å². The Labute approximate surface area is 209 Å². The molecule has 4 aromatic rings. The number of benzene rings is 3. The van der Waals surface area contributed by atoms with Gasteiger partial charge < -0.3 is 4.74 Å². The zero-order valence-electron chi connectivity index (χ0n) is 18.5. The van der Waals surface area contributed by atoms with Crippen molar-refractivity contribution in [2.75, 3.05) is 7.11 Å². The molecule has 1 aromatic heterocycles. The molecule has 1 atom stereocenters. The van der Waals surface area contributed by atoms with Crippen molar-refractivity contribution < 1.29 is 4.74 Å². The first-order chi connectivity index (χ1) is 16.6. The van der Waals surface area contributed by atoms with Gasteiger partial charge in [-0.15, -0.1) is 0 Å². The van der Waals surface area contributed by atoms with E-state index >= 15 is 0 Å².